The topological polar surface area (TPSA) is 38.3 Å². The van der Waals surface area contributed by atoms with Crippen LogP contribution in [-0.4, -0.2) is 12.5 Å². The molecule has 0 aromatic heterocycles. The van der Waals surface area contributed by atoms with Crippen LogP contribution < -0.4 is 10.1 Å². The number of ether oxygens (including phenoxy) is 1. The van der Waals surface area contributed by atoms with Crippen molar-refractivity contribution in [2.24, 2.45) is 0 Å². The van der Waals surface area contributed by atoms with Crippen molar-refractivity contribution in [2.45, 2.75) is 12.8 Å². The zero-order valence-electron chi connectivity index (χ0n) is 11.9. The van der Waals surface area contributed by atoms with E-state index in [1.165, 1.54) is 0 Å². The van der Waals surface area contributed by atoms with Gasteiger partial charge in [0.25, 0.3) is 0 Å². The van der Waals surface area contributed by atoms with E-state index in [1.54, 1.807) is 36.4 Å². The Bertz CT molecular complexity index is 686. The molecule has 2 aromatic carbocycles. The molecule has 0 aliphatic rings. The second kappa shape index (κ2) is 8.65. The molecule has 0 fully saturated rings. The van der Waals surface area contributed by atoms with Crippen LogP contribution in [0.4, 0.5) is 5.69 Å². The van der Waals surface area contributed by atoms with Gasteiger partial charge in [-0.15, -0.1) is 0 Å². The Balaban J connectivity index is 1.76. The zero-order valence-corrected chi connectivity index (χ0v) is 14.9. The van der Waals surface area contributed by atoms with Gasteiger partial charge in [0, 0.05) is 27.2 Å². The Morgan fingerprint density at radius 3 is 2.30 bits per heavy atom. The monoisotopic (exact) mass is 391 g/mol. The van der Waals surface area contributed by atoms with Crippen LogP contribution in [0.5, 0.6) is 5.75 Å². The zero-order chi connectivity index (χ0) is 16.8. The number of anilines is 1. The molecule has 0 aliphatic carbocycles. The smallest absolute Gasteiger partial charge is 0.224 e. The second-order valence-electron chi connectivity index (χ2n) is 4.73. The van der Waals surface area contributed by atoms with Gasteiger partial charge in [0.05, 0.1) is 11.6 Å². The lowest BCUT2D eigenvalue weighted by atomic mass is 10.2. The second-order valence-corrected chi connectivity index (χ2v) is 6.45. The molecule has 3 nitrogen and oxygen atoms in total. The highest BCUT2D eigenvalue weighted by Crippen LogP contribution is 2.27. The first-order valence-electron chi connectivity index (χ1n) is 6.78. The lowest BCUT2D eigenvalue weighted by Crippen LogP contribution is -2.12. The summed E-state index contributed by atoms with van der Waals surface area (Å²) in [4.78, 5) is 11.9. The Morgan fingerprint density at radius 2 is 1.65 bits per heavy atom. The van der Waals surface area contributed by atoms with Gasteiger partial charge >= 0.3 is 0 Å². The number of carbonyl (C=O) groups excluding carboxylic acids is 1. The molecular weight excluding hydrogens is 380 g/mol. The molecule has 0 heterocycles. The molecule has 0 atom stereocenters. The molecule has 122 valence electrons. The number of nitrogens with one attached hydrogen (secondary N) is 1. The molecule has 2 rings (SSSR count). The van der Waals surface area contributed by atoms with Gasteiger partial charge < -0.3 is 10.1 Å². The standard InChI is InChI=1S/C16H13Cl4NO2/c17-10-3-4-15(14(20)9-10)23-5-1-2-16(22)21-13-7-11(18)6-12(19)8-13/h3-4,6-9H,1-2,5H2,(H,21,22). The first kappa shape index (κ1) is 18.2. The van der Waals surface area contributed by atoms with E-state index in [4.69, 9.17) is 51.1 Å². The Labute approximate surface area is 154 Å². The number of rotatable bonds is 6. The highest BCUT2D eigenvalue weighted by atomic mass is 35.5. The van der Waals surface area contributed by atoms with Gasteiger partial charge in [-0.3, -0.25) is 4.79 Å². The molecule has 0 unspecified atom stereocenters. The molecule has 23 heavy (non-hydrogen) atoms. The molecule has 0 saturated heterocycles. The van der Waals surface area contributed by atoms with Crippen LogP contribution in [0.25, 0.3) is 0 Å². The van der Waals surface area contributed by atoms with E-state index in [1.807, 2.05) is 0 Å². The van der Waals surface area contributed by atoms with E-state index in [0.29, 0.717) is 51.0 Å². The lowest BCUT2D eigenvalue weighted by Gasteiger charge is -2.09. The van der Waals surface area contributed by atoms with Crippen molar-refractivity contribution in [1.29, 1.82) is 0 Å². The Morgan fingerprint density at radius 1 is 0.957 bits per heavy atom. The van der Waals surface area contributed by atoms with Crippen LogP contribution in [0.3, 0.4) is 0 Å². The highest BCUT2D eigenvalue weighted by molar-refractivity contribution is 6.35. The van der Waals surface area contributed by atoms with Crippen molar-refractivity contribution < 1.29 is 9.53 Å². The van der Waals surface area contributed by atoms with E-state index in [9.17, 15) is 4.79 Å². The fourth-order valence-corrected chi connectivity index (χ4v) is 2.85. The number of benzene rings is 2. The summed E-state index contributed by atoms with van der Waals surface area (Å²) in [5.41, 5.74) is 0.564. The summed E-state index contributed by atoms with van der Waals surface area (Å²) < 4.78 is 5.52. The predicted molar refractivity (Wildman–Crippen MR) is 96.3 cm³/mol. The Hall–Kier alpha value is -1.13. The summed E-state index contributed by atoms with van der Waals surface area (Å²) in [5, 5.41) is 4.65. The fraction of sp³-hybridized carbons (Fsp3) is 0.188. The quantitative estimate of drug-likeness (QED) is 0.603. The third-order valence-corrected chi connectivity index (χ3v) is 3.81. The number of hydrogen-bond donors (Lipinski definition) is 1. The van der Waals surface area contributed by atoms with Crippen LogP contribution in [0.15, 0.2) is 36.4 Å². The summed E-state index contributed by atoms with van der Waals surface area (Å²) in [6, 6.07) is 9.86. The van der Waals surface area contributed by atoms with Gasteiger partial charge in [-0.25, -0.2) is 0 Å². The molecule has 0 saturated carbocycles. The van der Waals surface area contributed by atoms with Crippen molar-refractivity contribution in [2.75, 3.05) is 11.9 Å². The van der Waals surface area contributed by atoms with Gasteiger partial charge in [0.15, 0.2) is 0 Å². The molecule has 0 radical (unpaired) electrons. The van der Waals surface area contributed by atoms with Gasteiger partial charge in [-0.2, -0.15) is 0 Å². The minimum Gasteiger partial charge on any atom is -0.492 e. The third-order valence-electron chi connectivity index (χ3n) is 2.85. The van der Waals surface area contributed by atoms with Crippen molar-refractivity contribution in [1.82, 2.24) is 0 Å². The summed E-state index contributed by atoms with van der Waals surface area (Å²) in [6.07, 6.45) is 0.842. The molecule has 0 bridgehead atoms. The minimum atomic E-state index is -0.144. The van der Waals surface area contributed by atoms with Crippen molar-refractivity contribution in [3.63, 3.8) is 0 Å². The minimum absolute atomic E-state index is 0.144. The molecule has 0 aliphatic heterocycles. The van der Waals surface area contributed by atoms with Gasteiger partial charge in [0.1, 0.15) is 5.75 Å². The van der Waals surface area contributed by atoms with Gasteiger partial charge in [0.2, 0.25) is 5.91 Å². The largest absolute Gasteiger partial charge is 0.492 e. The maximum Gasteiger partial charge on any atom is 0.224 e. The van der Waals surface area contributed by atoms with Crippen LogP contribution in [0, 0.1) is 0 Å². The van der Waals surface area contributed by atoms with Crippen molar-refractivity contribution in [3.05, 3.63) is 56.5 Å². The van der Waals surface area contributed by atoms with Crippen LogP contribution in [0.2, 0.25) is 20.1 Å². The molecule has 0 spiro atoms. The summed E-state index contributed by atoms with van der Waals surface area (Å²) >= 11 is 23.6. The lowest BCUT2D eigenvalue weighted by molar-refractivity contribution is -0.116. The van der Waals surface area contributed by atoms with E-state index in [-0.39, 0.29) is 5.91 Å². The first-order chi connectivity index (χ1) is 10.9. The molecule has 1 N–H and O–H groups in total. The molecular formula is C16H13Cl4NO2. The summed E-state index contributed by atoms with van der Waals surface area (Å²) in [7, 11) is 0. The van der Waals surface area contributed by atoms with E-state index < -0.39 is 0 Å². The van der Waals surface area contributed by atoms with Crippen molar-refractivity contribution >= 4 is 58.0 Å². The van der Waals surface area contributed by atoms with Gasteiger partial charge in [-0.1, -0.05) is 46.4 Å². The molecule has 1 amide bonds. The van der Waals surface area contributed by atoms with Crippen LogP contribution >= 0.6 is 46.4 Å². The summed E-state index contributed by atoms with van der Waals surface area (Å²) in [6.45, 7) is 0.366. The number of amides is 1. The predicted octanol–water partition coefficient (Wildman–Crippen LogP) is 6.10. The average Bonchev–Trinajstić information content (AvgIpc) is 2.44. The number of carbonyl (C=O) groups is 1. The SMILES string of the molecule is O=C(CCCOc1ccc(Cl)cc1Cl)Nc1cc(Cl)cc(Cl)c1. The summed E-state index contributed by atoms with van der Waals surface area (Å²) in [5.74, 6) is 0.396. The van der Waals surface area contributed by atoms with Crippen molar-refractivity contribution in [3.8, 4) is 5.75 Å². The average molecular weight is 393 g/mol. The maximum atomic E-state index is 11.9. The van der Waals surface area contributed by atoms with Crippen LogP contribution in [-0.2, 0) is 4.79 Å². The van der Waals surface area contributed by atoms with E-state index >= 15 is 0 Å². The normalized spacial score (nSPS) is 10.4. The number of halogens is 4. The third kappa shape index (κ3) is 6.11. The van der Waals surface area contributed by atoms with E-state index in [0.717, 1.165) is 0 Å². The first-order valence-corrected chi connectivity index (χ1v) is 8.29. The van der Waals surface area contributed by atoms with Gasteiger partial charge in [-0.05, 0) is 42.8 Å². The maximum absolute atomic E-state index is 11.9. The molecule has 7 heteroatoms. The van der Waals surface area contributed by atoms with E-state index in [2.05, 4.69) is 5.32 Å². The fourth-order valence-electron chi connectivity index (χ4n) is 1.86. The Kier molecular flexibility index (Phi) is 6.85. The van der Waals surface area contributed by atoms with Crippen LogP contribution in [0.1, 0.15) is 12.8 Å². The number of hydrogen-bond acceptors (Lipinski definition) is 2. The highest BCUT2D eigenvalue weighted by Gasteiger charge is 2.06. The molecule has 2 aromatic rings.